The molecule has 48 heavy (non-hydrogen) atoms. The van der Waals surface area contributed by atoms with E-state index in [0.29, 0.717) is 17.8 Å². The first-order chi connectivity index (χ1) is 23.7. The molecule has 7 rings (SSSR count). The highest BCUT2D eigenvalue weighted by atomic mass is 32.2. The smallest absolute Gasteiger partial charge is 0.233 e. The lowest BCUT2D eigenvalue weighted by Gasteiger charge is -2.12. The predicted molar refractivity (Wildman–Crippen MR) is 201 cm³/mol. The SMILES string of the molecule is c1ccc(Sc2ccc(Nc3nc(Nc4ccc(Sc5ccccc5)cc4)nc(Nc4ccc(Sc5ccccc5)cc4)n3)cc2)cc1. The Morgan fingerprint density at radius 3 is 0.750 bits per heavy atom. The summed E-state index contributed by atoms with van der Waals surface area (Å²) in [7, 11) is 0. The quantitative estimate of drug-likeness (QED) is 0.117. The van der Waals surface area contributed by atoms with Crippen LogP contribution in [0.15, 0.2) is 193 Å². The number of nitrogens with one attached hydrogen (secondary N) is 3. The highest BCUT2D eigenvalue weighted by molar-refractivity contribution is 7.99. The first-order valence-corrected chi connectivity index (χ1v) is 17.7. The topological polar surface area (TPSA) is 74.8 Å². The normalized spacial score (nSPS) is 10.8. The fourth-order valence-corrected chi connectivity index (χ4v) is 7.14. The minimum atomic E-state index is 0.422. The Bertz CT molecular complexity index is 1790. The zero-order valence-corrected chi connectivity index (χ0v) is 28.1. The Balaban J connectivity index is 1.09. The number of benzene rings is 6. The number of anilines is 6. The van der Waals surface area contributed by atoms with Crippen molar-refractivity contribution in [2.24, 2.45) is 0 Å². The molecule has 3 N–H and O–H groups in total. The number of nitrogens with zero attached hydrogens (tertiary/aromatic N) is 3. The fourth-order valence-electron chi connectivity index (χ4n) is 4.62. The van der Waals surface area contributed by atoms with Gasteiger partial charge in [0.2, 0.25) is 17.8 Å². The molecule has 9 heteroatoms. The van der Waals surface area contributed by atoms with E-state index in [0.717, 1.165) is 31.7 Å². The van der Waals surface area contributed by atoms with Gasteiger partial charge in [-0.3, -0.25) is 0 Å². The minimum Gasteiger partial charge on any atom is -0.324 e. The summed E-state index contributed by atoms with van der Waals surface area (Å²) in [6.07, 6.45) is 0. The van der Waals surface area contributed by atoms with Gasteiger partial charge in [0.15, 0.2) is 0 Å². The highest BCUT2D eigenvalue weighted by Gasteiger charge is 2.10. The van der Waals surface area contributed by atoms with Gasteiger partial charge in [0, 0.05) is 46.4 Å². The zero-order valence-electron chi connectivity index (χ0n) is 25.7. The molecule has 6 aromatic carbocycles. The van der Waals surface area contributed by atoms with Crippen molar-refractivity contribution >= 4 is 70.2 Å². The van der Waals surface area contributed by atoms with Crippen LogP contribution in [0.25, 0.3) is 0 Å². The Kier molecular flexibility index (Phi) is 10.2. The van der Waals surface area contributed by atoms with E-state index in [1.807, 2.05) is 91.0 Å². The molecule has 0 aliphatic rings. The summed E-state index contributed by atoms with van der Waals surface area (Å²) >= 11 is 5.16. The average molecular weight is 679 g/mol. The van der Waals surface area contributed by atoms with E-state index >= 15 is 0 Å². The van der Waals surface area contributed by atoms with Crippen molar-refractivity contribution in [3.63, 3.8) is 0 Å². The summed E-state index contributed by atoms with van der Waals surface area (Å²) in [5, 5.41) is 10.1. The molecule has 0 aliphatic heterocycles. The summed E-state index contributed by atoms with van der Waals surface area (Å²) in [5.74, 6) is 1.27. The molecule has 0 unspecified atom stereocenters. The van der Waals surface area contributed by atoms with Crippen LogP contribution in [-0.2, 0) is 0 Å². The molecule has 0 saturated heterocycles. The third-order valence-corrected chi connectivity index (χ3v) is 9.95. The van der Waals surface area contributed by atoms with E-state index in [4.69, 9.17) is 15.0 Å². The lowest BCUT2D eigenvalue weighted by atomic mass is 10.3. The second-order valence-electron chi connectivity index (χ2n) is 10.5. The van der Waals surface area contributed by atoms with Crippen molar-refractivity contribution in [1.29, 1.82) is 0 Å². The van der Waals surface area contributed by atoms with Crippen molar-refractivity contribution in [2.45, 2.75) is 29.4 Å². The molecule has 234 valence electrons. The second-order valence-corrected chi connectivity index (χ2v) is 13.9. The minimum absolute atomic E-state index is 0.422. The van der Waals surface area contributed by atoms with Gasteiger partial charge in [-0.15, -0.1) is 0 Å². The first-order valence-electron chi connectivity index (χ1n) is 15.3. The standard InChI is InChI=1S/C39H30N6S3/c1-4-10-31(11-5-1)46-34-22-16-28(17-23-34)40-37-43-38(41-29-18-24-35(25-19-29)47-32-12-6-2-7-13-32)45-39(44-37)42-30-20-26-36(27-21-30)48-33-14-8-3-9-15-33/h1-27H,(H3,40,41,42,43,44,45). The Morgan fingerprint density at radius 1 is 0.271 bits per heavy atom. The van der Waals surface area contributed by atoms with Crippen molar-refractivity contribution in [1.82, 2.24) is 15.0 Å². The molecular weight excluding hydrogens is 649 g/mol. The third-order valence-electron chi connectivity index (χ3n) is 6.90. The van der Waals surface area contributed by atoms with Gasteiger partial charge in [0.05, 0.1) is 0 Å². The maximum atomic E-state index is 4.71. The molecule has 7 aromatic rings. The lowest BCUT2D eigenvalue weighted by Crippen LogP contribution is -2.07. The van der Waals surface area contributed by atoms with Gasteiger partial charge < -0.3 is 16.0 Å². The van der Waals surface area contributed by atoms with Crippen LogP contribution in [0, 0.1) is 0 Å². The Hall–Kier alpha value is -5.22. The molecule has 0 radical (unpaired) electrons. The van der Waals surface area contributed by atoms with Gasteiger partial charge in [-0.2, -0.15) is 15.0 Å². The van der Waals surface area contributed by atoms with E-state index in [1.54, 1.807) is 35.3 Å². The van der Waals surface area contributed by atoms with Gasteiger partial charge in [0.25, 0.3) is 0 Å². The molecule has 0 bridgehead atoms. The summed E-state index contributed by atoms with van der Waals surface area (Å²) in [6.45, 7) is 0. The van der Waals surface area contributed by atoms with Crippen molar-refractivity contribution < 1.29 is 0 Å². The van der Waals surface area contributed by atoms with Crippen LogP contribution in [0.4, 0.5) is 34.9 Å². The molecule has 1 heterocycles. The highest BCUT2D eigenvalue weighted by Crippen LogP contribution is 2.32. The zero-order chi connectivity index (χ0) is 32.4. The van der Waals surface area contributed by atoms with Gasteiger partial charge in [0.1, 0.15) is 0 Å². The maximum absolute atomic E-state index is 4.71. The van der Waals surface area contributed by atoms with Crippen molar-refractivity contribution in [3.05, 3.63) is 164 Å². The molecular formula is C39H30N6S3. The lowest BCUT2D eigenvalue weighted by molar-refractivity contribution is 1.06. The van der Waals surface area contributed by atoms with Crippen LogP contribution >= 0.6 is 35.3 Å². The Morgan fingerprint density at radius 2 is 0.500 bits per heavy atom. The van der Waals surface area contributed by atoms with E-state index < -0.39 is 0 Å². The molecule has 0 aliphatic carbocycles. The van der Waals surface area contributed by atoms with Gasteiger partial charge in [-0.05, 0) is 109 Å². The van der Waals surface area contributed by atoms with Crippen molar-refractivity contribution in [2.75, 3.05) is 16.0 Å². The largest absolute Gasteiger partial charge is 0.324 e. The van der Waals surface area contributed by atoms with Crippen LogP contribution in [0.2, 0.25) is 0 Å². The predicted octanol–water partition coefficient (Wildman–Crippen LogP) is 11.6. The van der Waals surface area contributed by atoms with Crippen LogP contribution in [0.1, 0.15) is 0 Å². The molecule has 0 saturated carbocycles. The van der Waals surface area contributed by atoms with E-state index in [9.17, 15) is 0 Å². The first kappa shape index (κ1) is 31.4. The second kappa shape index (κ2) is 15.6. The summed E-state index contributed by atoms with van der Waals surface area (Å²) < 4.78 is 0. The van der Waals surface area contributed by atoms with Gasteiger partial charge in [-0.25, -0.2) is 0 Å². The van der Waals surface area contributed by atoms with E-state index in [2.05, 4.69) is 88.7 Å². The van der Waals surface area contributed by atoms with Gasteiger partial charge >= 0.3 is 0 Å². The summed E-state index contributed by atoms with van der Waals surface area (Å²) in [5.41, 5.74) is 2.63. The average Bonchev–Trinajstić information content (AvgIpc) is 3.12. The van der Waals surface area contributed by atoms with E-state index in [-0.39, 0.29) is 0 Å². The number of aromatic nitrogens is 3. The van der Waals surface area contributed by atoms with Gasteiger partial charge in [-0.1, -0.05) is 89.9 Å². The van der Waals surface area contributed by atoms with Crippen LogP contribution in [0.3, 0.4) is 0 Å². The number of rotatable bonds is 12. The summed E-state index contributed by atoms with van der Waals surface area (Å²) in [6, 6.07) is 55.7. The number of hydrogen-bond acceptors (Lipinski definition) is 9. The fraction of sp³-hybridized carbons (Fsp3) is 0. The number of hydrogen-bond donors (Lipinski definition) is 3. The molecule has 6 nitrogen and oxygen atoms in total. The molecule has 0 spiro atoms. The molecule has 0 amide bonds. The molecule has 0 atom stereocenters. The monoisotopic (exact) mass is 678 g/mol. The summed E-state index contributed by atoms with van der Waals surface area (Å²) in [4.78, 5) is 21.2. The van der Waals surface area contributed by atoms with Crippen LogP contribution < -0.4 is 16.0 Å². The molecule has 0 fully saturated rings. The maximum Gasteiger partial charge on any atom is 0.233 e. The van der Waals surface area contributed by atoms with E-state index in [1.165, 1.54) is 14.7 Å². The third kappa shape index (κ3) is 8.98. The van der Waals surface area contributed by atoms with Crippen LogP contribution in [0.5, 0.6) is 0 Å². The Labute approximate surface area is 292 Å². The molecule has 1 aromatic heterocycles. The van der Waals surface area contributed by atoms with Crippen LogP contribution in [-0.4, -0.2) is 15.0 Å². The van der Waals surface area contributed by atoms with Crippen molar-refractivity contribution in [3.8, 4) is 0 Å².